The maximum absolute atomic E-state index is 12.0. The number of nitrogens with zero attached hydrogens (tertiary/aromatic N) is 3. The number of aliphatic hydroxyl groups is 2. The fourth-order valence-electron chi connectivity index (χ4n) is 2.46. The minimum atomic E-state index is -2.40. The number of alkyl halides is 1. The first-order chi connectivity index (χ1) is 11.0. The van der Waals surface area contributed by atoms with Gasteiger partial charge in [0, 0.05) is 0 Å². The molecule has 11 heteroatoms. The number of carbonyl (C=O) groups excluding carboxylic acids is 2. The highest BCUT2D eigenvalue weighted by Gasteiger charge is 2.62. The van der Waals surface area contributed by atoms with Gasteiger partial charge >= 0.3 is 5.69 Å². The molecule has 2 rings (SSSR count). The van der Waals surface area contributed by atoms with Gasteiger partial charge in [-0.1, -0.05) is 0 Å². The van der Waals surface area contributed by atoms with Gasteiger partial charge in [0.15, 0.2) is 29.2 Å². The lowest BCUT2D eigenvalue weighted by Crippen LogP contribution is -2.56. The second-order valence-corrected chi connectivity index (χ2v) is 6.07. The van der Waals surface area contributed by atoms with Gasteiger partial charge in [0.05, 0.1) is 0 Å². The van der Waals surface area contributed by atoms with E-state index in [2.05, 4.69) is 10.1 Å². The zero-order chi connectivity index (χ0) is 18.4. The number of halogens is 1. The highest BCUT2D eigenvalue weighted by Crippen LogP contribution is 2.42. The molecule has 2 heterocycles. The average molecular weight is 361 g/mol. The summed E-state index contributed by atoms with van der Waals surface area (Å²) in [6.45, 7) is 3.57. The van der Waals surface area contributed by atoms with Gasteiger partial charge in [-0.15, -0.1) is 11.6 Å². The molecule has 0 amide bonds. The first kappa shape index (κ1) is 18.5. The number of ether oxygens (including phenoxy) is 1. The Bertz CT molecular complexity index is 752. The molecule has 0 radical (unpaired) electrons. The maximum atomic E-state index is 12.0. The molecule has 1 aromatic heterocycles. The molecule has 1 aromatic rings. The van der Waals surface area contributed by atoms with Crippen LogP contribution in [-0.4, -0.2) is 59.7 Å². The number of hydrogen-bond donors (Lipinski definition) is 3. The summed E-state index contributed by atoms with van der Waals surface area (Å²) in [4.78, 5) is 38.9. The number of aromatic nitrogens is 3. The van der Waals surface area contributed by atoms with E-state index in [-0.39, 0.29) is 11.5 Å². The summed E-state index contributed by atoms with van der Waals surface area (Å²) in [6, 6.07) is 0. The predicted molar refractivity (Wildman–Crippen MR) is 81.3 cm³/mol. The lowest BCUT2D eigenvalue weighted by molar-refractivity contribution is -0.158. The number of hydrogen-bond acceptors (Lipinski definition) is 9. The van der Waals surface area contributed by atoms with Gasteiger partial charge in [-0.05, 0) is 20.8 Å². The van der Waals surface area contributed by atoms with E-state index in [0.29, 0.717) is 4.68 Å². The summed E-state index contributed by atoms with van der Waals surface area (Å²) >= 11 is 6.15. The Morgan fingerprint density at radius 3 is 2.54 bits per heavy atom. The van der Waals surface area contributed by atoms with E-state index < -0.39 is 46.7 Å². The zero-order valence-electron chi connectivity index (χ0n) is 13.1. The van der Waals surface area contributed by atoms with Crippen molar-refractivity contribution in [3.05, 3.63) is 16.2 Å². The molecule has 1 saturated heterocycles. The number of rotatable bonds is 4. The molecular formula is C13H17ClN4O6. The van der Waals surface area contributed by atoms with E-state index in [0.717, 1.165) is 13.8 Å². The minimum absolute atomic E-state index is 0.0949. The normalized spacial score (nSPS) is 31.0. The van der Waals surface area contributed by atoms with Crippen molar-refractivity contribution in [3.63, 3.8) is 0 Å². The quantitative estimate of drug-likeness (QED) is 0.532. The van der Waals surface area contributed by atoms with Crippen LogP contribution in [0.2, 0.25) is 0 Å². The average Bonchev–Trinajstić information content (AvgIpc) is 2.76. The minimum Gasteiger partial charge on any atom is -0.382 e. The van der Waals surface area contributed by atoms with E-state index in [1.807, 2.05) is 0 Å². The van der Waals surface area contributed by atoms with Crippen molar-refractivity contribution < 1.29 is 24.5 Å². The number of nitrogen functional groups attached to an aromatic ring is 1. The van der Waals surface area contributed by atoms with Crippen LogP contribution in [-0.2, 0) is 14.3 Å². The number of aliphatic hydroxyl groups excluding tert-OH is 1. The van der Waals surface area contributed by atoms with Crippen molar-refractivity contribution in [2.24, 2.45) is 0 Å². The molecule has 1 aliphatic heterocycles. The highest BCUT2D eigenvalue weighted by atomic mass is 35.5. The fourth-order valence-corrected chi connectivity index (χ4v) is 2.90. The summed E-state index contributed by atoms with van der Waals surface area (Å²) in [5, 5.41) is 23.0. The van der Waals surface area contributed by atoms with Gasteiger partial charge in [0.25, 0.3) is 0 Å². The molecule has 0 spiro atoms. The van der Waals surface area contributed by atoms with E-state index >= 15 is 0 Å². The Labute approximate surface area is 141 Å². The van der Waals surface area contributed by atoms with Crippen LogP contribution in [0.5, 0.6) is 0 Å². The Balaban J connectivity index is 2.55. The number of carbonyl (C=O) groups is 2. The summed E-state index contributed by atoms with van der Waals surface area (Å²) in [7, 11) is 0. The molecule has 0 saturated carbocycles. The molecule has 24 heavy (non-hydrogen) atoms. The van der Waals surface area contributed by atoms with Crippen molar-refractivity contribution >= 4 is 29.0 Å². The van der Waals surface area contributed by atoms with Gasteiger partial charge in [0.2, 0.25) is 0 Å². The van der Waals surface area contributed by atoms with Crippen molar-refractivity contribution in [1.29, 1.82) is 0 Å². The van der Waals surface area contributed by atoms with Crippen LogP contribution in [0.4, 0.5) is 5.82 Å². The van der Waals surface area contributed by atoms with Crippen LogP contribution in [0.1, 0.15) is 25.8 Å². The van der Waals surface area contributed by atoms with Crippen LogP contribution in [0.25, 0.3) is 0 Å². The van der Waals surface area contributed by atoms with Crippen molar-refractivity contribution in [1.82, 2.24) is 14.8 Å². The highest BCUT2D eigenvalue weighted by molar-refractivity contribution is 6.24. The molecule has 5 atom stereocenters. The van der Waals surface area contributed by atoms with Gasteiger partial charge in [-0.2, -0.15) is 14.8 Å². The Morgan fingerprint density at radius 1 is 1.46 bits per heavy atom. The zero-order valence-corrected chi connectivity index (χ0v) is 13.9. The molecule has 0 aliphatic carbocycles. The standard InChI is InChI=1S/C13H17ClN4O6/c1-4-10(15)16-12(22)18(17-4)11-8(14)13(23,6(3)20)9(24-11)7(21)5(2)19/h7-9,11,21,23H,1-3H3,(H2,15,16,22)/t7?,8-,9+,11+,13-/m0/s1. The smallest absolute Gasteiger partial charge is 0.368 e. The first-order valence-corrected chi connectivity index (χ1v) is 7.39. The largest absolute Gasteiger partial charge is 0.382 e. The van der Waals surface area contributed by atoms with E-state index in [1.54, 1.807) is 0 Å². The van der Waals surface area contributed by atoms with Crippen LogP contribution < -0.4 is 11.4 Å². The molecule has 0 bridgehead atoms. The topological polar surface area (TPSA) is 158 Å². The summed E-state index contributed by atoms with van der Waals surface area (Å²) in [6.07, 6.45) is -4.91. The number of anilines is 1. The lowest BCUT2D eigenvalue weighted by atomic mass is 9.86. The predicted octanol–water partition coefficient (Wildman–Crippen LogP) is -1.70. The number of Topliss-reactive ketones (excluding diaryl/α,β-unsaturated/α-hetero) is 2. The Kier molecular flexibility index (Phi) is 4.77. The molecule has 10 nitrogen and oxygen atoms in total. The molecule has 1 fully saturated rings. The Hall–Kier alpha value is -1.88. The van der Waals surface area contributed by atoms with E-state index in [1.165, 1.54) is 6.92 Å². The third kappa shape index (κ3) is 2.71. The number of nitrogens with two attached hydrogens (primary N) is 1. The van der Waals surface area contributed by atoms with E-state index in [9.17, 15) is 24.6 Å². The molecule has 132 valence electrons. The van der Waals surface area contributed by atoms with Crippen LogP contribution in [0.15, 0.2) is 4.79 Å². The van der Waals surface area contributed by atoms with Gasteiger partial charge in [-0.25, -0.2) is 4.79 Å². The van der Waals surface area contributed by atoms with Gasteiger partial charge in [-0.3, -0.25) is 9.59 Å². The maximum Gasteiger partial charge on any atom is 0.368 e. The van der Waals surface area contributed by atoms with Gasteiger partial charge in [0.1, 0.15) is 23.3 Å². The SMILES string of the molecule is CC(=O)C(O)[C@H]1O[C@@H](n2nc(C)c(N)nc2=O)[C@H](Cl)[C@@]1(O)C(C)=O. The van der Waals surface area contributed by atoms with E-state index in [4.69, 9.17) is 22.1 Å². The molecule has 4 N–H and O–H groups in total. The Morgan fingerprint density at radius 2 is 2.04 bits per heavy atom. The molecule has 0 aromatic carbocycles. The summed E-state index contributed by atoms with van der Waals surface area (Å²) in [5.41, 5.74) is 2.37. The van der Waals surface area contributed by atoms with Crippen molar-refractivity contribution in [2.45, 2.75) is 50.2 Å². The lowest BCUT2D eigenvalue weighted by Gasteiger charge is -2.29. The van der Waals surface area contributed by atoms with Crippen molar-refractivity contribution in [3.8, 4) is 0 Å². The first-order valence-electron chi connectivity index (χ1n) is 6.96. The van der Waals surface area contributed by atoms with Gasteiger partial charge < -0.3 is 20.7 Å². The molecular weight excluding hydrogens is 344 g/mol. The van der Waals surface area contributed by atoms with Crippen LogP contribution >= 0.6 is 11.6 Å². The third-order valence-corrected chi connectivity index (χ3v) is 4.49. The third-order valence-electron chi connectivity index (χ3n) is 3.94. The van der Waals surface area contributed by atoms with Crippen LogP contribution in [0.3, 0.4) is 0 Å². The summed E-state index contributed by atoms with van der Waals surface area (Å²) in [5.74, 6) is -1.66. The van der Waals surface area contributed by atoms with Crippen LogP contribution in [0, 0.1) is 6.92 Å². The summed E-state index contributed by atoms with van der Waals surface area (Å²) < 4.78 is 6.09. The second-order valence-electron chi connectivity index (χ2n) is 5.60. The monoisotopic (exact) mass is 360 g/mol. The van der Waals surface area contributed by atoms with Crippen molar-refractivity contribution in [2.75, 3.05) is 5.73 Å². The fraction of sp³-hybridized carbons (Fsp3) is 0.615. The second kappa shape index (κ2) is 6.20. The molecule has 1 aliphatic rings. The number of aryl methyl sites for hydroxylation is 1. The number of ketones is 2. The molecule has 1 unspecified atom stereocenters.